The lowest BCUT2D eigenvalue weighted by atomic mass is 10.1. The van der Waals surface area contributed by atoms with Crippen molar-refractivity contribution in [3.8, 4) is 5.75 Å². The Morgan fingerprint density at radius 3 is 2.38 bits per heavy atom. The minimum absolute atomic E-state index is 0.187. The van der Waals surface area contributed by atoms with Crippen molar-refractivity contribution in [2.24, 2.45) is 0 Å². The molecule has 3 heteroatoms. The molecule has 0 aliphatic rings. The molecule has 0 saturated carbocycles. The summed E-state index contributed by atoms with van der Waals surface area (Å²) in [6.07, 6.45) is 0.561. The van der Waals surface area contributed by atoms with Crippen molar-refractivity contribution in [3.05, 3.63) is 65.2 Å². The molecule has 0 aliphatic heterocycles. The molecule has 0 radical (unpaired) electrons. The van der Waals surface area contributed by atoms with Gasteiger partial charge in [-0.25, -0.2) is 0 Å². The highest BCUT2D eigenvalue weighted by Crippen LogP contribution is 2.16. The summed E-state index contributed by atoms with van der Waals surface area (Å²) in [6.45, 7) is 9.63. The van der Waals surface area contributed by atoms with E-state index in [9.17, 15) is 4.79 Å². The van der Waals surface area contributed by atoms with Gasteiger partial charge in [-0.2, -0.15) is 0 Å². The summed E-state index contributed by atoms with van der Waals surface area (Å²) >= 11 is 0. The quantitative estimate of drug-likeness (QED) is 0.636. The Morgan fingerprint density at radius 1 is 1.04 bits per heavy atom. The molecule has 2 aromatic carbocycles. The molecule has 2 rings (SSSR count). The summed E-state index contributed by atoms with van der Waals surface area (Å²) < 4.78 is 5.80. The molecule has 0 spiro atoms. The van der Waals surface area contributed by atoms with E-state index >= 15 is 0 Å². The molecule has 0 aliphatic carbocycles. The number of Topliss-reactive ketones (excluding diaryl/α,β-unsaturated/α-hetero) is 1. The van der Waals surface area contributed by atoms with Crippen LogP contribution in [-0.4, -0.2) is 30.3 Å². The third kappa shape index (κ3) is 5.50. The van der Waals surface area contributed by atoms with Crippen LogP contribution in [-0.2, 0) is 6.61 Å². The first-order valence-corrected chi connectivity index (χ1v) is 8.66. The fourth-order valence-corrected chi connectivity index (χ4v) is 2.65. The highest BCUT2D eigenvalue weighted by molar-refractivity contribution is 5.96. The van der Waals surface area contributed by atoms with E-state index in [2.05, 4.69) is 43.9 Å². The van der Waals surface area contributed by atoms with Crippen molar-refractivity contribution in [2.45, 2.75) is 33.8 Å². The van der Waals surface area contributed by atoms with Crippen molar-refractivity contribution in [1.29, 1.82) is 0 Å². The van der Waals surface area contributed by atoms with Crippen molar-refractivity contribution in [1.82, 2.24) is 4.90 Å². The number of hydrogen-bond acceptors (Lipinski definition) is 3. The Kier molecular flexibility index (Phi) is 7.01. The Morgan fingerprint density at radius 2 is 1.75 bits per heavy atom. The fraction of sp³-hybridized carbons (Fsp3) is 0.381. The van der Waals surface area contributed by atoms with Crippen molar-refractivity contribution < 1.29 is 9.53 Å². The van der Waals surface area contributed by atoms with Gasteiger partial charge in [0, 0.05) is 18.5 Å². The number of aryl methyl sites for hydroxylation is 1. The molecule has 0 atom stereocenters. The maximum absolute atomic E-state index is 12.2. The van der Waals surface area contributed by atoms with E-state index in [-0.39, 0.29) is 5.78 Å². The average molecular weight is 325 g/mol. The second-order valence-corrected chi connectivity index (χ2v) is 6.00. The Hall–Kier alpha value is -2.13. The van der Waals surface area contributed by atoms with Crippen LogP contribution in [0.2, 0.25) is 0 Å². The van der Waals surface area contributed by atoms with Crippen LogP contribution in [0.1, 0.15) is 41.8 Å². The maximum Gasteiger partial charge on any atom is 0.164 e. The van der Waals surface area contributed by atoms with E-state index in [1.807, 2.05) is 30.3 Å². The Balaban J connectivity index is 1.87. The van der Waals surface area contributed by atoms with Gasteiger partial charge in [0.2, 0.25) is 0 Å². The third-order valence-corrected chi connectivity index (χ3v) is 4.21. The molecule has 2 aromatic rings. The fourth-order valence-electron chi connectivity index (χ4n) is 2.65. The summed E-state index contributed by atoms with van der Waals surface area (Å²) in [5.41, 5.74) is 3.13. The number of ketones is 1. The Bertz CT molecular complexity index is 645. The van der Waals surface area contributed by atoms with Crippen LogP contribution in [0.4, 0.5) is 0 Å². The van der Waals surface area contributed by atoms with Crippen molar-refractivity contribution in [2.75, 3.05) is 19.6 Å². The van der Waals surface area contributed by atoms with Crippen LogP contribution in [0.15, 0.2) is 48.5 Å². The topological polar surface area (TPSA) is 29.5 Å². The second kappa shape index (κ2) is 9.24. The summed E-state index contributed by atoms with van der Waals surface area (Å²) in [5.74, 6) is 0.976. The van der Waals surface area contributed by atoms with E-state index in [0.717, 1.165) is 36.5 Å². The van der Waals surface area contributed by atoms with Gasteiger partial charge in [0.25, 0.3) is 0 Å². The third-order valence-electron chi connectivity index (χ3n) is 4.21. The number of hydrogen-bond donors (Lipinski definition) is 0. The lowest BCUT2D eigenvalue weighted by Crippen LogP contribution is -2.25. The first kappa shape index (κ1) is 18.2. The standard InChI is InChI=1S/C21H27NO2/c1-4-22(5-2)14-13-21(23)19-9-11-20(12-10-19)24-16-18-8-6-7-17(3)15-18/h6-12,15H,4-5,13-14,16H2,1-3H3. The number of carbonyl (C=O) groups is 1. The normalized spacial score (nSPS) is 10.8. The average Bonchev–Trinajstić information content (AvgIpc) is 2.61. The molecule has 0 unspecified atom stereocenters. The van der Waals surface area contributed by atoms with E-state index in [4.69, 9.17) is 4.74 Å². The SMILES string of the molecule is CCN(CC)CCC(=O)c1ccc(OCc2cccc(C)c2)cc1. The van der Waals surface area contributed by atoms with E-state index in [1.165, 1.54) is 5.56 Å². The van der Waals surface area contributed by atoms with Gasteiger partial charge >= 0.3 is 0 Å². The van der Waals surface area contributed by atoms with Crippen LogP contribution < -0.4 is 4.74 Å². The maximum atomic E-state index is 12.2. The van der Waals surface area contributed by atoms with Gasteiger partial charge in [-0.3, -0.25) is 4.79 Å². The smallest absolute Gasteiger partial charge is 0.164 e. The predicted octanol–water partition coefficient (Wildman–Crippen LogP) is 4.49. The molecular formula is C21H27NO2. The van der Waals surface area contributed by atoms with E-state index < -0.39 is 0 Å². The molecule has 0 heterocycles. The molecule has 0 fully saturated rings. The number of ether oxygens (including phenoxy) is 1. The Labute approximate surface area is 145 Å². The van der Waals surface area contributed by atoms with Gasteiger partial charge in [0.1, 0.15) is 12.4 Å². The van der Waals surface area contributed by atoms with Crippen LogP contribution in [0.25, 0.3) is 0 Å². The second-order valence-electron chi connectivity index (χ2n) is 6.00. The minimum Gasteiger partial charge on any atom is -0.489 e. The number of benzene rings is 2. The number of carbonyl (C=O) groups excluding carboxylic acids is 1. The highest BCUT2D eigenvalue weighted by atomic mass is 16.5. The molecule has 0 amide bonds. The van der Waals surface area contributed by atoms with Crippen LogP contribution in [0, 0.1) is 6.92 Å². The van der Waals surface area contributed by atoms with Crippen LogP contribution in [0.5, 0.6) is 5.75 Å². The molecule has 0 aromatic heterocycles. The van der Waals surface area contributed by atoms with Gasteiger partial charge in [-0.05, 0) is 49.8 Å². The summed E-state index contributed by atoms with van der Waals surface area (Å²) in [7, 11) is 0. The minimum atomic E-state index is 0.187. The lowest BCUT2D eigenvalue weighted by Gasteiger charge is -2.17. The first-order valence-electron chi connectivity index (χ1n) is 8.66. The molecule has 0 bridgehead atoms. The molecule has 0 saturated heterocycles. The lowest BCUT2D eigenvalue weighted by molar-refractivity contribution is 0.0966. The molecule has 128 valence electrons. The molecule has 0 N–H and O–H groups in total. The zero-order valence-corrected chi connectivity index (χ0v) is 14.9. The number of rotatable bonds is 9. The van der Waals surface area contributed by atoms with Gasteiger partial charge < -0.3 is 9.64 Å². The zero-order chi connectivity index (χ0) is 17.4. The number of nitrogens with zero attached hydrogens (tertiary/aromatic N) is 1. The van der Waals surface area contributed by atoms with Crippen LogP contribution >= 0.6 is 0 Å². The van der Waals surface area contributed by atoms with Crippen molar-refractivity contribution in [3.63, 3.8) is 0 Å². The van der Waals surface area contributed by atoms with Gasteiger partial charge in [-0.1, -0.05) is 43.7 Å². The van der Waals surface area contributed by atoms with Crippen molar-refractivity contribution >= 4 is 5.78 Å². The highest BCUT2D eigenvalue weighted by Gasteiger charge is 2.08. The van der Waals surface area contributed by atoms with Gasteiger partial charge in [0.05, 0.1) is 0 Å². The van der Waals surface area contributed by atoms with Crippen LogP contribution in [0.3, 0.4) is 0 Å². The first-order chi connectivity index (χ1) is 11.6. The molecule has 24 heavy (non-hydrogen) atoms. The monoisotopic (exact) mass is 325 g/mol. The predicted molar refractivity (Wildman–Crippen MR) is 98.7 cm³/mol. The van der Waals surface area contributed by atoms with E-state index in [0.29, 0.717) is 13.0 Å². The summed E-state index contributed by atoms with van der Waals surface area (Å²) in [6, 6.07) is 15.7. The molecule has 3 nitrogen and oxygen atoms in total. The van der Waals surface area contributed by atoms with Gasteiger partial charge in [-0.15, -0.1) is 0 Å². The van der Waals surface area contributed by atoms with E-state index in [1.54, 1.807) is 0 Å². The summed E-state index contributed by atoms with van der Waals surface area (Å²) in [4.78, 5) is 14.5. The zero-order valence-electron chi connectivity index (χ0n) is 14.9. The molecular weight excluding hydrogens is 298 g/mol. The summed E-state index contributed by atoms with van der Waals surface area (Å²) in [5, 5.41) is 0. The van der Waals surface area contributed by atoms with Gasteiger partial charge in [0.15, 0.2) is 5.78 Å². The largest absolute Gasteiger partial charge is 0.489 e.